The smallest absolute Gasteiger partial charge is 0.344 e. The zero-order chi connectivity index (χ0) is 29.4. The standard InChI is InChI=1S/C25H23BrN4O9S/c1-16(31)27-17-3-10-21(11-4-17)40(36,37)29(2)18-5-8-20(9-6-18)38-15-25(33)39-14-24(32)28-23-12-7-19(30(34)35)13-22(23)26/h3-13H,14-15H2,1-2H3,(H,27,31)(H,28,32). The van der Waals surface area contributed by atoms with Gasteiger partial charge in [-0.25, -0.2) is 13.2 Å². The summed E-state index contributed by atoms with van der Waals surface area (Å²) in [6, 6.07) is 15.4. The molecule has 15 heteroatoms. The topological polar surface area (TPSA) is 174 Å². The molecule has 0 aromatic heterocycles. The predicted octanol–water partition coefficient (Wildman–Crippen LogP) is 3.70. The van der Waals surface area contributed by atoms with Crippen LogP contribution >= 0.6 is 15.9 Å². The Balaban J connectivity index is 1.49. The van der Waals surface area contributed by atoms with Gasteiger partial charge in [-0.3, -0.25) is 24.0 Å². The highest BCUT2D eigenvalue weighted by Gasteiger charge is 2.21. The van der Waals surface area contributed by atoms with Crippen LogP contribution in [0, 0.1) is 10.1 Å². The van der Waals surface area contributed by atoms with Gasteiger partial charge < -0.3 is 20.1 Å². The van der Waals surface area contributed by atoms with Crippen molar-refractivity contribution < 1.29 is 37.2 Å². The van der Waals surface area contributed by atoms with Crippen molar-refractivity contribution in [1.82, 2.24) is 0 Å². The average molecular weight is 635 g/mol. The SMILES string of the molecule is CC(=O)Nc1ccc(S(=O)(=O)N(C)c2ccc(OCC(=O)OCC(=O)Nc3ccc([N+](=O)[O-])cc3Br)cc2)cc1. The molecule has 0 radical (unpaired) electrons. The van der Waals surface area contributed by atoms with Gasteiger partial charge >= 0.3 is 5.97 Å². The molecule has 0 aliphatic rings. The van der Waals surface area contributed by atoms with Crippen LogP contribution in [0.5, 0.6) is 5.75 Å². The fourth-order valence-electron chi connectivity index (χ4n) is 3.20. The molecule has 0 saturated carbocycles. The number of anilines is 3. The van der Waals surface area contributed by atoms with Crippen LogP contribution in [0.25, 0.3) is 0 Å². The molecule has 0 unspecified atom stereocenters. The second-order valence-electron chi connectivity index (χ2n) is 8.09. The molecule has 2 N–H and O–H groups in total. The van der Waals surface area contributed by atoms with E-state index in [1.165, 1.54) is 80.7 Å². The normalized spacial score (nSPS) is 10.8. The van der Waals surface area contributed by atoms with E-state index in [2.05, 4.69) is 26.6 Å². The number of sulfonamides is 1. The van der Waals surface area contributed by atoms with Crippen molar-refractivity contribution >= 4 is 66.5 Å². The molecule has 13 nitrogen and oxygen atoms in total. The Morgan fingerprint density at radius 1 is 0.975 bits per heavy atom. The third-order valence-corrected chi connectivity index (χ3v) is 7.65. The molecule has 210 valence electrons. The summed E-state index contributed by atoms with van der Waals surface area (Å²) in [6.45, 7) is 0.223. The van der Waals surface area contributed by atoms with Crippen LogP contribution in [0.2, 0.25) is 0 Å². The number of hydrogen-bond donors (Lipinski definition) is 2. The quantitative estimate of drug-likeness (QED) is 0.181. The van der Waals surface area contributed by atoms with Crippen molar-refractivity contribution in [3.05, 3.63) is 81.3 Å². The Morgan fingerprint density at radius 2 is 1.62 bits per heavy atom. The fraction of sp³-hybridized carbons (Fsp3) is 0.160. The van der Waals surface area contributed by atoms with Gasteiger partial charge in [0.2, 0.25) is 5.91 Å². The van der Waals surface area contributed by atoms with Crippen LogP contribution in [-0.2, 0) is 29.1 Å². The first-order valence-corrected chi connectivity index (χ1v) is 13.6. The summed E-state index contributed by atoms with van der Waals surface area (Å²) < 4.78 is 37.5. The maximum absolute atomic E-state index is 13.0. The van der Waals surface area contributed by atoms with Crippen molar-refractivity contribution in [2.45, 2.75) is 11.8 Å². The molecular formula is C25H23BrN4O9S. The maximum atomic E-state index is 13.0. The number of esters is 1. The minimum atomic E-state index is -3.89. The number of amides is 2. The number of nitro groups is 1. The first-order valence-electron chi connectivity index (χ1n) is 11.4. The number of carbonyl (C=O) groups is 3. The number of halogens is 1. The first kappa shape index (κ1) is 30.0. The van der Waals surface area contributed by atoms with Crippen molar-refractivity contribution in [3.63, 3.8) is 0 Å². The van der Waals surface area contributed by atoms with Gasteiger partial charge in [-0.1, -0.05) is 0 Å². The van der Waals surface area contributed by atoms with Gasteiger partial charge in [0, 0.05) is 36.3 Å². The third-order valence-electron chi connectivity index (χ3n) is 5.19. The minimum absolute atomic E-state index is 0.0251. The van der Waals surface area contributed by atoms with Crippen LogP contribution in [0.15, 0.2) is 76.1 Å². The molecule has 2 amide bonds. The molecule has 0 heterocycles. The number of nitrogens with one attached hydrogen (secondary N) is 2. The fourth-order valence-corrected chi connectivity index (χ4v) is 4.86. The lowest BCUT2D eigenvalue weighted by Crippen LogP contribution is -2.26. The van der Waals surface area contributed by atoms with Crippen LogP contribution < -0.4 is 19.7 Å². The molecule has 3 aromatic carbocycles. The van der Waals surface area contributed by atoms with Gasteiger partial charge in [0.1, 0.15) is 5.75 Å². The number of ether oxygens (including phenoxy) is 2. The maximum Gasteiger partial charge on any atom is 0.344 e. The zero-order valence-corrected chi connectivity index (χ0v) is 23.5. The van der Waals surface area contributed by atoms with Crippen molar-refractivity contribution in [1.29, 1.82) is 0 Å². The van der Waals surface area contributed by atoms with Gasteiger partial charge in [-0.15, -0.1) is 0 Å². The summed E-state index contributed by atoms with van der Waals surface area (Å²) in [4.78, 5) is 45.4. The van der Waals surface area contributed by atoms with E-state index >= 15 is 0 Å². The minimum Gasteiger partial charge on any atom is -0.482 e. The van der Waals surface area contributed by atoms with Crippen LogP contribution in [0.3, 0.4) is 0 Å². The monoisotopic (exact) mass is 634 g/mol. The molecule has 0 bridgehead atoms. The second kappa shape index (κ2) is 13.0. The van der Waals surface area contributed by atoms with Crippen LogP contribution in [0.4, 0.5) is 22.7 Å². The van der Waals surface area contributed by atoms with Gasteiger partial charge in [0.05, 0.1) is 21.2 Å². The van der Waals surface area contributed by atoms with E-state index in [1.807, 2.05) is 0 Å². The lowest BCUT2D eigenvalue weighted by atomic mass is 10.3. The highest BCUT2D eigenvalue weighted by atomic mass is 79.9. The Hall–Kier alpha value is -4.50. The van der Waals surface area contributed by atoms with Gasteiger partial charge in [0.15, 0.2) is 13.2 Å². The van der Waals surface area contributed by atoms with E-state index in [-0.39, 0.29) is 32.4 Å². The van der Waals surface area contributed by atoms with E-state index in [4.69, 9.17) is 9.47 Å². The van der Waals surface area contributed by atoms with E-state index in [0.717, 1.165) is 4.31 Å². The molecule has 0 fully saturated rings. The van der Waals surface area contributed by atoms with Crippen molar-refractivity contribution in [2.75, 3.05) is 35.2 Å². The van der Waals surface area contributed by atoms with E-state index in [9.17, 15) is 32.9 Å². The third kappa shape index (κ3) is 8.00. The van der Waals surface area contributed by atoms with E-state index < -0.39 is 40.0 Å². The number of rotatable bonds is 11. The molecule has 3 rings (SSSR count). The summed E-state index contributed by atoms with van der Waals surface area (Å²) >= 11 is 3.12. The number of benzene rings is 3. The molecule has 40 heavy (non-hydrogen) atoms. The van der Waals surface area contributed by atoms with Crippen molar-refractivity contribution in [2.24, 2.45) is 0 Å². The summed E-state index contributed by atoms with van der Waals surface area (Å²) in [5.41, 5.74) is 0.892. The van der Waals surface area contributed by atoms with E-state index in [1.54, 1.807) is 0 Å². The summed E-state index contributed by atoms with van der Waals surface area (Å²) in [5, 5.41) is 15.8. The molecule has 0 saturated heterocycles. The first-order chi connectivity index (χ1) is 18.9. The molecule has 0 aliphatic heterocycles. The number of nitro benzene ring substituents is 1. The lowest BCUT2D eigenvalue weighted by molar-refractivity contribution is -0.384. The zero-order valence-electron chi connectivity index (χ0n) is 21.1. The number of nitrogens with zero attached hydrogens (tertiary/aromatic N) is 2. The lowest BCUT2D eigenvalue weighted by Gasteiger charge is -2.20. The molecule has 0 aliphatic carbocycles. The largest absolute Gasteiger partial charge is 0.482 e. The van der Waals surface area contributed by atoms with Gasteiger partial charge in [-0.05, 0) is 70.5 Å². The Bertz CT molecular complexity index is 1530. The molecule has 0 spiro atoms. The molecule has 0 atom stereocenters. The second-order valence-corrected chi connectivity index (χ2v) is 10.9. The summed E-state index contributed by atoms with van der Waals surface area (Å²) in [6.07, 6.45) is 0. The van der Waals surface area contributed by atoms with Gasteiger partial charge in [-0.2, -0.15) is 0 Å². The van der Waals surface area contributed by atoms with Gasteiger partial charge in [0.25, 0.3) is 21.6 Å². The highest BCUT2D eigenvalue weighted by Crippen LogP contribution is 2.27. The number of hydrogen-bond acceptors (Lipinski definition) is 9. The highest BCUT2D eigenvalue weighted by molar-refractivity contribution is 9.10. The molecule has 3 aromatic rings. The van der Waals surface area contributed by atoms with Crippen LogP contribution in [0.1, 0.15) is 6.92 Å². The average Bonchev–Trinajstić information content (AvgIpc) is 2.91. The van der Waals surface area contributed by atoms with Crippen molar-refractivity contribution in [3.8, 4) is 5.75 Å². The predicted molar refractivity (Wildman–Crippen MR) is 149 cm³/mol. The molecular weight excluding hydrogens is 612 g/mol. The van der Waals surface area contributed by atoms with Crippen LogP contribution in [-0.4, -0.2) is 51.4 Å². The van der Waals surface area contributed by atoms with E-state index in [0.29, 0.717) is 11.4 Å². The number of non-ortho nitro benzene ring substituents is 1. The summed E-state index contributed by atoms with van der Waals surface area (Å²) in [7, 11) is -2.51. The Morgan fingerprint density at radius 3 is 2.20 bits per heavy atom. The number of carbonyl (C=O) groups excluding carboxylic acids is 3. The summed E-state index contributed by atoms with van der Waals surface area (Å²) in [5.74, 6) is -1.52. The Kier molecular flexibility index (Phi) is 9.79. The Labute approximate surface area is 237 Å².